The number of aromatic nitrogens is 2. The molecule has 0 radical (unpaired) electrons. The Hall–Kier alpha value is -2.98. The highest BCUT2D eigenvalue weighted by atomic mass is 35.5. The van der Waals surface area contributed by atoms with Crippen molar-refractivity contribution in [1.29, 1.82) is 0 Å². The average molecular weight is 421 g/mol. The first-order chi connectivity index (χ1) is 14.6. The van der Waals surface area contributed by atoms with Crippen LogP contribution in [0.5, 0.6) is 11.5 Å². The molecule has 0 atom stereocenters. The van der Waals surface area contributed by atoms with Crippen molar-refractivity contribution in [2.24, 2.45) is 0 Å². The number of hydrogen-bond acceptors (Lipinski definition) is 3. The molecule has 154 valence electrons. The number of para-hydroxylation sites is 3. The molecule has 0 amide bonds. The van der Waals surface area contributed by atoms with Gasteiger partial charge < -0.3 is 14.0 Å². The molecule has 0 fully saturated rings. The van der Waals surface area contributed by atoms with Crippen molar-refractivity contribution in [2.45, 2.75) is 33.4 Å². The molecule has 0 aliphatic rings. The van der Waals surface area contributed by atoms with E-state index in [0.29, 0.717) is 13.2 Å². The number of hydrogen-bond donors (Lipinski definition) is 0. The van der Waals surface area contributed by atoms with Gasteiger partial charge in [-0.2, -0.15) is 0 Å². The van der Waals surface area contributed by atoms with Gasteiger partial charge in [0.25, 0.3) is 0 Å². The normalized spacial score (nSPS) is 11.0. The Labute approximate surface area is 182 Å². The highest BCUT2D eigenvalue weighted by Gasteiger charge is 2.11. The summed E-state index contributed by atoms with van der Waals surface area (Å²) in [5.41, 5.74) is 4.23. The maximum Gasteiger partial charge on any atom is 0.148 e. The molecule has 5 heteroatoms. The van der Waals surface area contributed by atoms with Gasteiger partial charge >= 0.3 is 0 Å². The van der Waals surface area contributed by atoms with E-state index in [1.54, 1.807) is 0 Å². The zero-order valence-electron chi connectivity index (χ0n) is 17.3. The Bertz CT molecular complexity index is 1150. The van der Waals surface area contributed by atoms with Crippen molar-refractivity contribution in [1.82, 2.24) is 9.55 Å². The summed E-state index contributed by atoms with van der Waals surface area (Å²) < 4.78 is 14.2. The van der Waals surface area contributed by atoms with E-state index in [4.69, 9.17) is 26.1 Å². The maximum atomic E-state index is 6.09. The van der Waals surface area contributed by atoms with E-state index in [2.05, 4.69) is 10.6 Å². The van der Waals surface area contributed by atoms with Crippen molar-refractivity contribution in [3.63, 3.8) is 0 Å². The Morgan fingerprint density at radius 2 is 1.70 bits per heavy atom. The minimum Gasteiger partial charge on any atom is -0.494 e. The zero-order valence-corrected chi connectivity index (χ0v) is 18.0. The van der Waals surface area contributed by atoms with Crippen LogP contribution >= 0.6 is 11.6 Å². The van der Waals surface area contributed by atoms with Gasteiger partial charge in [-0.05, 0) is 67.8 Å². The predicted octanol–water partition coefficient (Wildman–Crippen LogP) is 6.35. The zero-order chi connectivity index (χ0) is 20.9. The maximum absolute atomic E-state index is 6.09. The molecule has 0 N–H and O–H groups in total. The first kappa shape index (κ1) is 20.3. The van der Waals surface area contributed by atoms with Gasteiger partial charge in [-0.25, -0.2) is 4.98 Å². The minimum atomic E-state index is 0.427. The number of halogens is 1. The van der Waals surface area contributed by atoms with E-state index in [-0.39, 0.29) is 0 Å². The summed E-state index contributed by atoms with van der Waals surface area (Å²) >= 11 is 6.09. The molecule has 0 bridgehead atoms. The second-order valence-electron chi connectivity index (χ2n) is 7.34. The molecule has 0 aliphatic heterocycles. The van der Waals surface area contributed by atoms with Crippen molar-refractivity contribution >= 4 is 22.6 Å². The van der Waals surface area contributed by atoms with Crippen LogP contribution in [0.4, 0.5) is 0 Å². The van der Waals surface area contributed by atoms with E-state index < -0.39 is 0 Å². The van der Waals surface area contributed by atoms with Gasteiger partial charge in [0.15, 0.2) is 0 Å². The lowest BCUT2D eigenvalue weighted by Crippen LogP contribution is -2.10. The fourth-order valence-corrected chi connectivity index (χ4v) is 3.58. The molecule has 1 heterocycles. The third-order valence-corrected chi connectivity index (χ3v) is 5.53. The monoisotopic (exact) mass is 420 g/mol. The lowest BCUT2D eigenvalue weighted by atomic mass is 10.2. The quantitative estimate of drug-likeness (QED) is 0.311. The number of imidazole rings is 1. The molecule has 3 aromatic carbocycles. The highest BCUT2D eigenvalue weighted by Crippen LogP contribution is 2.23. The Kier molecular flexibility index (Phi) is 6.24. The average Bonchev–Trinajstić information content (AvgIpc) is 3.10. The van der Waals surface area contributed by atoms with Gasteiger partial charge in [0, 0.05) is 11.6 Å². The first-order valence-electron chi connectivity index (χ1n) is 10.1. The molecule has 4 nitrogen and oxygen atoms in total. The highest BCUT2D eigenvalue weighted by molar-refractivity contribution is 6.31. The van der Waals surface area contributed by atoms with Crippen LogP contribution in [0.2, 0.25) is 5.02 Å². The van der Waals surface area contributed by atoms with Crippen molar-refractivity contribution in [2.75, 3.05) is 6.61 Å². The molecular weight excluding hydrogens is 396 g/mol. The van der Waals surface area contributed by atoms with Gasteiger partial charge in [-0.3, -0.25) is 0 Å². The predicted molar refractivity (Wildman–Crippen MR) is 122 cm³/mol. The third-order valence-electron chi connectivity index (χ3n) is 5.11. The fraction of sp³-hybridized carbons (Fsp3) is 0.240. The Morgan fingerprint density at radius 1 is 0.900 bits per heavy atom. The minimum absolute atomic E-state index is 0.427. The topological polar surface area (TPSA) is 36.3 Å². The second kappa shape index (κ2) is 9.23. The first-order valence-corrected chi connectivity index (χ1v) is 10.5. The SMILES string of the molecule is Cc1cc(OCCCn2c(COc3ccccc3C)nc3ccccc32)ccc1Cl. The second-order valence-corrected chi connectivity index (χ2v) is 7.74. The number of ether oxygens (including phenoxy) is 2. The van der Waals surface area contributed by atoms with Crippen LogP contribution in [0.15, 0.2) is 66.7 Å². The summed E-state index contributed by atoms with van der Waals surface area (Å²) in [6.45, 7) is 5.88. The smallest absolute Gasteiger partial charge is 0.148 e. The Morgan fingerprint density at radius 3 is 2.53 bits per heavy atom. The van der Waals surface area contributed by atoms with Crippen LogP contribution in [0.25, 0.3) is 11.0 Å². The Balaban J connectivity index is 1.44. The van der Waals surface area contributed by atoms with E-state index in [1.807, 2.05) is 74.5 Å². The van der Waals surface area contributed by atoms with Gasteiger partial charge in [0.2, 0.25) is 0 Å². The van der Waals surface area contributed by atoms with Crippen LogP contribution < -0.4 is 9.47 Å². The summed E-state index contributed by atoms with van der Waals surface area (Å²) in [5.74, 6) is 2.65. The van der Waals surface area contributed by atoms with Crippen LogP contribution in [0, 0.1) is 13.8 Å². The molecule has 0 saturated heterocycles. The lowest BCUT2D eigenvalue weighted by Gasteiger charge is -2.12. The molecule has 0 spiro atoms. The summed E-state index contributed by atoms with van der Waals surface area (Å²) in [5, 5.41) is 0.755. The van der Waals surface area contributed by atoms with Crippen LogP contribution in [-0.2, 0) is 13.2 Å². The van der Waals surface area contributed by atoms with Crippen molar-refractivity contribution in [3.05, 3.63) is 88.7 Å². The standard InChI is InChI=1S/C25H25ClN2O2/c1-18-8-3-6-11-24(18)30-17-25-27-22-9-4-5-10-23(22)28(25)14-7-15-29-20-12-13-21(26)19(2)16-20/h3-6,8-13,16H,7,14-15,17H2,1-2H3. The van der Waals surface area contributed by atoms with Crippen molar-refractivity contribution < 1.29 is 9.47 Å². The fourth-order valence-electron chi connectivity index (χ4n) is 3.47. The molecule has 4 rings (SSSR count). The summed E-state index contributed by atoms with van der Waals surface area (Å²) in [6, 6.07) is 22.0. The summed E-state index contributed by atoms with van der Waals surface area (Å²) in [4.78, 5) is 4.80. The van der Waals surface area contributed by atoms with Crippen LogP contribution in [0.1, 0.15) is 23.4 Å². The summed E-state index contributed by atoms with van der Waals surface area (Å²) in [6.07, 6.45) is 0.861. The number of rotatable bonds is 8. The van der Waals surface area contributed by atoms with Gasteiger partial charge in [-0.1, -0.05) is 41.9 Å². The number of benzene rings is 3. The molecule has 4 aromatic rings. The van der Waals surface area contributed by atoms with Gasteiger partial charge in [-0.15, -0.1) is 0 Å². The van der Waals surface area contributed by atoms with E-state index >= 15 is 0 Å². The van der Waals surface area contributed by atoms with E-state index in [9.17, 15) is 0 Å². The molecule has 0 aliphatic carbocycles. The van der Waals surface area contributed by atoms with Crippen LogP contribution in [0.3, 0.4) is 0 Å². The number of nitrogens with zero attached hydrogens (tertiary/aromatic N) is 2. The van der Waals surface area contributed by atoms with Gasteiger partial charge in [0.1, 0.15) is 23.9 Å². The lowest BCUT2D eigenvalue weighted by molar-refractivity contribution is 0.279. The number of aryl methyl sites for hydroxylation is 3. The van der Waals surface area contributed by atoms with E-state index in [0.717, 1.165) is 57.5 Å². The molecule has 1 aromatic heterocycles. The van der Waals surface area contributed by atoms with Gasteiger partial charge in [0.05, 0.1) is 17.6 Å². The van der Waals surface area contributed by atoms with Crippen molar-refractivity contribution in [3.8, 4) is 11.5 Å². The van der Waals surface area contributed by atoms with Crippen LogP contribution in [-0.4, -0.2) is 16.2 Å². The summed E-state index contributed by atoms with van der Waals surface area (Å²) in [7, 11) is 0. The molecule has 0 saturated carbocycles. The molecule has 30 heavy (non-hydrogen) atoms. The largest absolute Gasteiger partial charge is 0.494 e. The molecule has 0 unspecified atom stereocenters. The third kappa shape index (κ3) is 4.60. The number of fused-ring (bicyclic) bond motifs is 1. The molecular formula is C25H25ClN2O2. The van der Waals surface area contributed by atoms with E-state index in [1.165, 1.54) is 0 Å².